The van der Waals surface area contributed by atoms with Crippen molar-refractivity contribution in [1.82, 2.24) is 4.57 Å². The zero-order valence-electron chi connectivity index (χ0n) is 13.9. The molecule has 2 aromatic carbocycles. The van der Waals surface area contributed by atoms with E-state index in [0.717, 1.165) is 16.6 Å². The lowest BCUT2D eigenvalue weighted by atomic mass is 10.2. The first kappa shape index (κ1) is 16.0. The minimum Gasteiger partial charge on any atom is -0.311 e. The molecular weight excluding hydrogens is 300 g/mol. The number of fused-ring (bicyclic) bond motifs is 1. The Bertz CT molecular complexity index is 944. The van der Waals surface area contributed by atoms with Crippen molar-refractivity contribution in [3.63, 3.8) is 0 Å². The minimum atomic E-state index is -0.137. The Hall–Kier alpha value is -2.88. The van der Waals surface area contributed by atoms with Gasteiger partial charge in [0.15, 0.2) is 0 Å². The van der Waals surface area contributed by atoms with Crippen molar-refractivity contribution in [2.24, 2.45) is 0 Å². The van der Waals surface area contributed by atoms with E-state index in [2.05, 4.69) is 0 Å². The molecule has 4 heteroatoms. The highest BCUT2D eigenvalue weighted by molar-refractivity contribution is 5.93. The SMILES string of the molecule is CCN(C(=O)Cn1ccc2ccccc2c1=O)c1cccc(C)c1. The van der Waals surface area contributed by atoms with E-state index < -0.39 is 0 Å². The summed E-state index contributed by atoms with van der Waals surface area (Å²) in [6.45, 7) is 4.52. The molecule has 0 fully saturated rings. The van der Waals surface area contributed by atoms with E-state index in [4.69, 9.17) is 0 Å². The average molecular weight is 320 g/mol. The molecular formula is C20H20N2O2. The number of carbonyl (C=O) groups excluding carboxylic acids is 1. The van der Waals surface area contributed by atoms with Crippen LogP contribution in [0, 0.1) is 6.92 Å². The summed E-state index contributed by atoms with van der Waals surface area (Å²) in [5.74, 6) is -0.0968. The van der Waals surface area contributed by atoms with Gasteiger partial charge < -0.3 is 9.47 Å². The number of benzene rings is 2. The average Bonchev–Trinajstić information content (AvgIpc) is 2.58. The minimum absolute atomic E-state index is 0.0332. The van der Waals surface area contributed by atoms with Gasteiger partial charge in [-0.2, -0.15) is 0 Å². The molecule has 3 rings (SSSR count). The number of amides is 1. The van der Waals surface area contributed by atoms with Crippen LogP contribution in [0.5, 0.6) is 0 Å². The highest BCUT2D eigenvalue weighted by Gasteiger charge is 2.15. The number of nitrogens with zero attached hydrogens (tertiary/aromatic N) is 2. The molecule has 0 aliphatic rings. The Labute approximate surface area is 141 Å². The second kappa shape index (κ2) is 6.71. The van der Waals surface area contributed by atoms with Crippen molar-refractivity contribution in [2.45, 2.75) is 20.4 Å². The van der Waals surface area contributed by atoms with Gasteiger partial charge in [-0.05, 0) is 49.1 Å². The molecule has 0 radical (unpaired) electrons. The molecule has 0 saturated heterocycles. The van der Waals surface area contributed by atoms with E-state index in [9.17, 15) is 9.59 Å². The Kier molecular flexibility index (Phi) is 4.47. The number of aryl methyl sites for hydroxylation is 1. The fourth-order valence-electron chi connectivity index (χ4n) is 2.88. The van der Waals surface area contributed by atoms with Crippen LogP contribution in [0.15, 0.2) is 65.6 Å². The first-order valence-electron chi connectivity index (χ1n) is 8.05. The van der Waals surface area contributed by atoms with Crippen LogP contribution < -0.4 is 10.5 Å². The van der Waals surface area contributed by atoms with E-state index in [0.29, 0.717) is 11.9 Å². The Morgan fingerprint density at radius 3 is 2.62 bits per heavy atom. The van der Waals surface area contributed by atoms with Gasteiger partial charge in [-0.1, -0.05) is 30.3 Å². The summed E-state index contributed by atoms with van der Waals surface area (Å²) in [6.07, 6.45) is 1.69. The van der Waals surface area contributed by atoms with Gasteiger partial charge >= 0.3 is 0 Å². The zero-order chi connectivity index (χ0) is 17.1. The smallest absolute Gasteiger partial charge is 0.258 e. The number of anilines is 1. The van der Waals surface area contributed by atoms with Gasteiger partial charge in [0.2, 0.25) is 5.91 Å². The van der Waals surface area contributed by atoms with E-state index >= 15 is 0 Å². The van der Waals surface area contributed by atoms with Crippen molar-refractivity contribution < 1.29 is 4.79 Å². The summed E-state index contributed by atoms with van der Waals surface area (Å²) in [5, 5.41) is 1.52. The predicted molar refractivity (Wildman–Crippen MR) is 97.4 cm³/mol. The lowest BCUT2D eigenvalue weighted by molar-refractivity contribution is -0.119. The molecule has 4 nitrogen and oxygen atoms in total. The second-order valence-electron chi connectivity index (χ2n) is 5.81. The maximum atomic E-state index is 12.7. The van der Waals surface area contributed by atoms with Crippen LogP contribution in [0.3, 0.4) is 0 Å². The van der Waals surface area contributed by atoms with Crippen LogP contribution in [0.4, 0.5) is 5.69 Å². The zero-order valence-corrected chi connectivity index (χ0v) is 13.9. The second-order valence-corrected chi connectivity index (χ2v) is 5.81. The molecule has 0 atom stereocenters. The van der Waals surface area contributed by atoms with Crippen molar-refractivity contribution in [3.05, 3.63) is 76.7 Å². The molecule has 0 saturated carbocycles. The fraction of sp³-hybridized carbons (Fsp3) is 0.200. The number of aromatic nitrogens is 1. The van der Waals surface area contributed by atoms with Crippen molar-refractivity contribution in [3.8, 4) is 0 Å². The number of rotatable bonds is 4. The normalized spacial score (nSPS) is 10.8. The molecule has 0 aliphatic heterocycles. The number of likely N-dealkylation sites (N-methyl/N-ethyl adjacent to an activating group) is 1. The first-order chi connectivity index (χ1) is 11.6. The van der Waals surface area contributed by atoms with Crippen molar-refractivity contribution in [2.75, 3.05) is 11.4 Å². The molecule has 0 N–H and O–H groups in total. The molecule has 1 aromatic heterocycles. The molecule has 1 heterocycles. The maximum Gasteiger partial charge on any atom is 0.258 e. The molecule has 1 amide bonds. The summed E-state index contributed by atoms with van der Waals surface area (Å²) >= 11 is 0. The van der Waals surface area contributed by atoms with Crippen molar-refractivity contribution >= 4 is 22.4 Å². The molecule has 0 bridgehead atoms. The summed E-state index contributed by atoms with van der Waals surface area (Å²) < 4.78 is 1.48. The van der Waals surface area contributed by atoms with Gasteiger partial charge in [-0.25, -0.2) is 0 Å². The Morgan fingerprint density at radius 2 is 1.88 bits per heavy atom. The topological polar surface area (TPSA) is 42.3 Å². The third-order valence-corrected chi connectivity index (χ3v) is 4.12. The number of hydrogen-bond acceptors (Lipinski definition) is 2. The summed E-state index contributed by atoms with van der Waals surface area (Å²) in [5.41, 5.74) is 1.82. The van der Waals surface area contributed by atoms with Crippen LogP contribution in [0.2, 0.25) is 0 Å². The van der Waals surface area contributed by atoms with Gasteiger partial charge in [0.25, 0.3) is 5.56 Å². The molecule has 0 aliphatic carbocycles. The number of pyridine rings is 1. The highest BCUT2D eigenvalue weighted by atomic mass is 16.2. The third kappa shape index (κ3) is 3.08. The van der Waals surface area contributed by atoms with E-state index in [1.54, 1.807) is 17.2 Å². The molecule has 0 unspecified atom stereocenters. The van der Waals surface area contributed by atoms with Crippen LogP contribution in [0.1, 0.15) is 12.5 Å². The monoisotopic (exact) mass is 320 g/mol. The molecule has 3 aromatic rings. The highest BCUT2D eigenvalue weighted by Crippen LogP contribution is 2.16. The lowest BCUT2D eigenvalue weighted by Gasteiger charge is -2.22. The molecule has 122 valence electrons. The van der Waals surface area contributed by atoms with Gasteiger partial charge in [-0.15, -0.1) is 0 Å². The van der Waals surface area contributed by atoms with Gasteiger partial charge in [-0.3, -0.25) is 9.59 Å². The van der Waals surface area contributed by atoms with E-state index in [-0.39, 0.29) is 18.0 Å². The van der Waals surface area contributed by atoms with Gasteiger partial charge in [0, 0.05) is 23.8 Å². The lowest BCUT2D eigenvalue weighted by Crippen LogP contribution is -2.36. The van der Waals surface area contributed by atoms with Crippen LogP contribution in [0.25, 0.3) is 10.8 Å². The summed E-state index contributed by atoms with van der Waals surface area (Å²) in [6, 6.07) is 17.1. The third-order valence-electron chi connectivity index (χ3n) is 4.12. The van der Waals surface area contributed by atoms with Crippen LogP contribution in [-0.4, -0.2) is 17.0 Å². The van der Waals surface area contributed by atoms with E-state index in [1.807, 2.05) is 62.4 Å². The predicted octanol–water partition coefficient (Wildman–Crippen LogP) is 3.36. The van der Waals surface area contributed by atoms with Gasteiger partial charge in [0.1, 0.15) is 6.54 Å². The standard InChI is InChI=1S/C20H20N2O2/c1-3-22(17-9-6-7-15(2)13-17)19(23)14-21-12-11-16-8-4-5-10-18(16)20(21)24/h4-13H,3,14H2,1-2H3. The Balaban J connectivity index is 1.91. The van der Waals surface area contributed by atoms with Gasteiger partial charge in [0.05, 0.1) is 0 Å². The van der Waals surface area contributed by atoms with Crippen molar-refractivity contribution in [1.29, 1.82) is 0 Å². The summed E-state index contributed by atoms with van der Waals surface area (Å²) in [4.78, 5) is 27.0. The number of carbonyl (C=O) groups is 1. The maximum absolute atomic E-state index is 12.7. The number of hydrogen-bond donors (Lipinski definition) is 0. The Morgan fingerprint density at radius 1 is 1.08 bits per heavy atom. The fourth-order valence-corrected chi connectivity index (χ4v) is 2.88. The summed E-state index contributed by atoms with van der Waals surface area (Å²) in [7, 11) is 0. The molecule has 0 spiro atoms. The van der Waals surface area contributed by atoms with E-state index in [1.165, 1.54) is 4.57 Å². The molecule has 24 heavy (non-hydrogen) atoms. The van der Waals surface area contributed by atoms with Crippen LogP contribution >= 0.6 is 0 Å². The largest absolute Gasteiger partial charge is 0.311 e. The first-order valence-corrected chi connectivity index (χ1v) is 8.05. The van der Waals surface area contributed by atoms with Crippen LogP contribution in [-0.2, 0) is 11.3 Å². The quantitative estimate of drug-likeness (QED) is 0.740.